The van der Waals surface area contributed by atoms with Crippen molar-refractivity contribution in [2.45, 2.75) is 6.42 Å². The predicted octanol–water partition coefficient (Wildman–Crippen LogP) is 2.98. The van der Waals surface area contributed by atoms with Crippen LogP contribution in [0.25, 0.3) is 5.70 Å². The van der Waals surface area contributed by atoms with E-state index < -0.39 is 6.86 Å². The number of ether oxygens (including phenoxy) is 1. The van der Waals surface area contributed by atoms with Crippen molar-refractivity contribution < 1.29 is 9.13 Å². The highest BCUT2D eigenvalue weighted by Crippen LogP contribution is 2.22. The van der Waals surface area contributed by atoms with Gasteiger partial charge in [0.05, 0.1) is 5.70 Å². The lowest BCUT2D eigenvalue weighted by Gasteiger charge is -2.32. The minimum atomic E-state index is -0.842. The van der Waals surface area contributed by atoms with Crippen LogP contribution in [0, 0.1) is 5.41 Å². The molecule has 24 heavy (non-hydrogen) atoms. The second-order valence-electron chi connectivity index (χ2n) is 5.90. The topological polar surface area (TPSA) is 42.8 Å². The molecule has 130 valence electrons. The molecule has 1 aromatic carbocycles. The Bertz CT molecular complexity index is 623. The lowest BCUT2D eigenvalue weighted by atomic mass is 10.1. The number of nitrogens with zero attached hydrogens (tertiary/aromatic N) is 3. The van der Waals surface area contributed by atoms with Crippen LogP contribution in [0.15, 0.2) is 42.7 Å². The van der Waals surface area contributed by atoms with Crippen LogP contribution in [0.4, 0.5) is 4.39 Å². The molecular weight excluding hydrogens is 307 g/mol. The molecular formula is C18H25FN4O. The molecule has 1 fully saturated rings. The Balaban J connectivity index is 2.13. The second-order valence-corrected chi connectivity index (χ2v) is 5.90. The van der Waals surface area contributed by atoms with E-state index in [1.54, 1.807) is 12.1 Å². The van der Waals surface area contributed by atoms with Crippen molar-refractivity contribution in [2.75, 3.05) is 41.1 Å². The molecule has 0 unspecified atom stereocenters. The minimum Gasteiger partial charge on any atom is -0.463 e. The summed E-state index contributed by atoms with van der Waals surface area (Å²) in [6.45, 7) is 1.09. The van der Waals surface area contributed by atoms with Gasteiger partial charge in [-0.25, -0.2) is 4.39 Å². The molecule has 1 heterocycles. The Morgan fingerprint density at radius 2 is 2.08 bits per heavy atom. The molecule has 0 amide bonds. The van der Waals surface area contributed by atoms with Crippen molar-refractivity contribution in [3.8, 4) is 5.75 Å². The van der Waals surface area contributed by atoms with Crippen molar-refractivity contribution in [1.29, 1.82) is 5.41 Å². The number of amidine groups is 1. The maximum Gasteiger partial charge on any atom is 0.228 e. The van der Waals surface area contributed by atoms with Gasteiger partial charge in [0.1, 0.15) is 11.6 Å². The first-order chi connectivity index (χ1) is 11.5. The first kappa shape index (κ1) is 17.8. The van der Waals surface area contributed by atoms with Gasteiger partial charge >= 0.3 is 0 Å². The molecule has 0 atom stereocenters. The number of alkyl halides is 1. The Labute approximate surface area is 143 Å². The normalized spacial score (nSPS) is 14.5. The molecule has 0 radical (unpaired) electrons. The monoisotopic (exact) mass is 332 g/mol. The van der Waals surface area contributed by atoms with Crippen LogP contribution in [0.2, 0.25) is 0 Å². The number of rotatable bonds is 7. The van der Waals surface area contributed by atoms with Gasteiger partial charge < -0.3 is 19.4 Å². The van der Waals surface area contributed by atoms with Gasteiger partial charge in [-0.1, -0.05) is 12.1 Å². The SMILES string of the molecule is CN(/C=C\C(=N)N1CCC1)/C=C(/c1cccc(OCF)c1)N(C)C. The summed E-state index contributed by atoms with van der Waals surface area (Å²) in [4.78, 5) is 5.92. The van der Waals surface area contributed by atoms with Gasteiger partial charge in [-0.2, -0.15) is 0 Å². The number of nitrogens with one attached hydrogen (secondary N) is 1. The molecule has 1 aliphatic heterocycles. The number of halogens is 1. The van der Waals surface area contributed by atoms with Gasteiger partial charge in [-0.3, -0.25) is 5.41 Å². The molecule has 5 nitrogen and oxygen atoms in total. The van der Waals surface area contributed by atoms with E-state index in [4.69, 9.17) is 10.1 Å². The number of hydrogen-bond acceptors (Lipinski definition) is 4. The van der Waals surface area contributed by atoms with Crippen molar-refractivity contribution in [1.82, 2.24) is 14.7 Å². The van der Waals surface area contributed by atoms with E-state index in [-0.39, 0.29) is 0 Å². The van der Waals surface area contributed by atoms with E-state index in [0.29, 0.717) is 11.6 Å². The maximum atomic E-state index is 12.4. The summed E-state index contributed by atoms with van der Waals surface area (Å²) in [5.74, 6) is 1.03. The predicted molar refractivity (Wildman–Crippen MR) is 95.5 cm³/mol. The van der Waals surface area contributed by atoms with Gasteiger partial charge in [0.15, 0.2) is 0 Å². The Kier molecular flexibility index (Phi) is 6.23. The van der Waals surface area contributed by atoms with Crippen LogP contribution >= 0.6 is 0 Å². The third-order valence-electron chi connectivity index (χ3n) is 3.82. The zero-order valence-corrected chi connectivity index (χ0v) is 14.5. The Morgan fingerprint density at radius 3 is 2.67 bits per heavy atom. The lowest BCUT2D eigenvalue weighted by molar-refractivity contribution is 0.191. The molecule has 0 bridgehead atoms. The summed E-state index contributed by atoms with van der Waals surface area (Å²) in [6.07, 6.45) is 6.79. The third-order valence-corrected chi connectivity index (χ3v) is 3.82. The van der Waals surface area contributed by atoms with E-state index in [2.05, 4.69) is 0 Å². The van der Waals surface area contributed by atoms with E-state index in [0.717, 1.165) is 30.8 Å². The van der Waals surface area contributed by atoms with Gasteiger partial charge in [0.2, 0.25) is 6.86 Å². The fourth-order valence-electron chi connectivity index (χ4n) is 2.34. The minimum absolute atomic E-state index is 0.500. The second kappa shape index (κ2) is 8.38. The quantitative estimate of drug-likeness (QED) is 0.616. The molecule has 1 aliphatic rings. The van der Waals surface area contributed by atoms with E-state index in [1.165, 1.54) is 0 Å². The lowest BCUT2D eigenvalue weighted by Crippen LogP contribution is -2.40. The van der Waals surface area contributed by atoms with Crippen LogP contribution in [-0.2, 0) is 0 Å². The van der Waals surface area contributed by atoms with E-state index >= 15 is 0 Å². The van der Waals surface area contributed by atoms with E-state index in [1.807, 2.05) is 66.4 Å². The molecule has 0 aliphatic carbocycles. The number of hydrogen-bond donors (Lipinski definition) is 1. The van der Waals surface area contributed by atoms with Crippen molar-refractivity contribution in [3.05, 3.63) is 48.3 Å². The largest absolute Gasteiger partial charge is 0.463 e. The summed E-state index contributed by atoms with van der Waals surface area (Å²) in [6, 6.07) is 7.34. The van der Waals surface area contributed by atoms with Crippen LogP contribution in [0.5, 0.6) is 5.75 Å². The van der Waals surface area contributed by atoms with Crippen LogP contribution in [0.3, 0.4) is 0 Å². The standard InChI is InChI=1S/C18H25FN4O/c1-21(2)17(15-6-4-7-16(12-15)24-14-19)13-22(3)11-8-18(20)23-9-5-10-23/h4,6-8,11-13,20H,5,9-10,14H2,1-3H3/b11-8-,17-13-,20-18?. The smallest absolute Gasteiger partial charge is 0.228 e. The third kappa shape index (κ3) is 4.75. The summed E-state index contributed by atoms with van der Waals surface area (Å²) in [5, 5.41) is 7.97. The fourth-order valence-corrected chi connectivity index (χ4v) is 2.34. The van der Waals surface area contributed by atoms with Gasteiger partial charge in [-0.05, 0) is 24.6 Å². The summed E-state index contributed by atoms with van der Waals surface area (Å²) in [7, 11) is 5.83. The number of benzene rings is 1. The van der Waals surface area contributed by atoms with Crippen LogP contribution in [0.1, 0.15) is 12.0 Å². The fraction of sp³-hybridized carbons (Fsp3) is 0.389. The van der Waals surface area contributed by atoms with Gasteiger partial charge in [0.25, 0.3) is 0 Å². The molecule has 0 aromatic heterocycles. The zero-order chi connectivity index (χ0) is 17.5. The number of likely N-dealkylation sites (tertiary alicyclic amines) is 1. The average molecular weight is 332 g/mol. The highest BCUT2D eigenvalue weighted by Gasteiger charge is 2.14. The van der Waals surface area contributed by atoms with Crippen molar-refractivity contribution >= 4 is 11.5 Å². The summed E-state index contributed by atoms with van der Waals surface area (Å²) < 4.78 is 17.3. The van der Waals surface area contributed by atoms with Crippen LogP contribution < -0.4 is 4.74 Å². The van der Waals surface area contributed by atoms with Crippen molar-refractivity contribution in [2.24, 2.45) is 0 Å². The zero-order valence-electron chi connectivity index (χ0n) is 14.5. The summed E-state index contributed by atoms with van der Waals surface area (Å²) >= 11 is 0. The Morgan fingerprint density at radius 1 is 1.33 bits per heavy atom. The molecule has 0 saturated carbocycles. The van der Waals surface area contributed by atoms with Crippen molar-refractivity contribution in [3.63, 3.8) is 0 Å². The van der Waals surface area contributed by atoms with E-state index in [9.17, 15) is 4.39 Å². The highest BCUT2D eigenvalue weighted by atomic mass is 19.1. The maximum absolute atomic E-state index is 12.4. The van der Waals surface area contributed by atoms with Gasteiger partial charge in [0, 0.05) is 52.2 Å². The first-order valence-corrected chi connectivity index (χ1v) is 7.93. The Hall–Kier alpha value is -2.50. The molecule has 1 N–H and O–H groups in total. The first-order valence-electron chi connectivity index (χ1n) is 7.93. The highest BCUT2D eigenvalue weighted by molar-refractivity contribution is 5.90. The average Bonchev–Trinajstić information content (AvgIpc) is 2.49. The molecule has 6 heteroatoms. The van der Waals surface area contributed by atoms with Crippen LogP contribution in [-0.4, -0.2) is 61.6 Å². The molecule has 1 saturated heterocycles. The molecule has 2 rings (SSSR count). The summed E-state index contributed by atoms with van der Waals surface area (Å²) in [5.41, 5.74) is 1.89. The van der Waals surface area contributed by atoms with Gasteiger partial charge in [-0.15, -0.1) is 0 Å². The molecule has 1 aromatic rings. The molecule has 0 spiro atoms.